The summed E-state index contributed by atoms with van der Waals surface area (Å²) in [5.74, 6) is 0.524. The number of aliphatic hydroxyl groups excluding tert-OH is 1. The van der Waals surface area contributed by atoms with Crippen LogP contribution >= 0.6 is 0 Å². The van der Waals surface area contributed by atoms with E-state index < -0.39 is 0 Å². The van der Waals surface area contributed by atoms with Crippen LogP contribution in [0.1, 0.15) is 23.4 Å². The SMILES string of the molecule is O=C(NCC1CC(O)C1)c1occc1-c1ccccc1. The number of carbonyl (C=O) groups is 1. The lowest BCUT2D eigenvalue weighted by molar-refractivity contribution is 0.0418. The highest BCUT2D eigenvalue weighted by atomic mass is 16.3. The summed E-state index contributed by atoms with van der Waals surface area (Å²) in [6.07, 6.45) is 2.87. The molecule has 20 heavy (non-hydrogen) atoms. The normalized spacial score (nSPS) is 21.2. The fourth-order valence-electron chi connectivity index (χ4n) is 2.51. The maximum Gasteiger partial charge on any atom is 0.287 e. The molecule has 3 rings (SSSR count). The summed E-state index contributed by atoms with van der Waals surface area (Å²) in [4.78, 5) is 12.2. The third-order valence-electron chi connectivity index (χ3n) is 3.72. The first kappa shape index (κ1) is 12.9. The minimum absolute atomic E-state index is 0.194. The van der Waals surface area contributed by atoms with Crippen LogP contribution in [0.15, 0.2) is 47.1 Å². The molecule has 0 bridgehead atoms. The largest absolute Gasteiger partial charge is 0.459 e. The monoisotopic (exact) mass is 271 g/mol. The molecule has 1 amide bonds. The number of carbonyl (C=O) groups excluding carboxylic acids is 1. The van der Waals surface area contributed by atoms with Gasteiger partial charge in [0.15, 0.2) is 5.76 Å². The number of amides is 1. The Bertz CT molecular complexity index is 585. The van der Waals surface area contributed by atoms with Crippen molar-refractivity contribution in [1.82, 2.24) is 5.32 Å². The molecule has 1 aromatic carbocycles. The van der Waals surface area contributed by atoms with E-state index in [4.69, 9.17) is 4.42 Å². The van der Waals surface area contributed by atoms with Crippen molar-refractivity contribution < 1.29 is 14.3 Å². The quantitative estimate of drug-likeness (QED) is 0.897. The van der Waals surface area contributed by atoms with Crippen LogP contribution in [0.3, 0.4) is 0 Å². The minimum atomic E-state index is -0.199. The summed E-state index contributed by atoms with van der Waals surface area (Å²) in [7, 11) is 0. The Labute approximate surface area is 117 Å². The molecule has 0 radical (unpaired) electrons. The number of rotatable bonds is 4. The van der Waals surface area contributed by atoms with E-state index in [0.29, 0.717) is 18.2 Å². The average molecular weight is 271 g/mol. The van der Waals surface area contributed by atoms with Crippen molar-refractivity contribution in [3.8, 4) is 11.1 Å². The molecular formula is C16H17NO3. The first-order valence-electron chi connectivity index (χ1n) is 6.83. The Morgan fingerprint density at radius 1 is 1.25 bits per heavy atom. The van der Waals surface area contributed by atoms with Crippen LogP contribution < -0.4 is 5.32 Å². The molecule has 0 spiro atoms. The Hall–Kier alpha value is -2.07. The summed E-state index contributed by atoms with van der Waals surface area (Å²) in [5, 5.41) is 12.1. The van der Waals surface area contributed by atoms with Crippen molar-refractivity contribution >= 4 is 5.91 Å². The van der Waals surface area contributed by atoms with Gasteiger partial charge in [-0.1, -0.05) is 30.3 Å². The fraction of sp³-hybridized carbons (Fsp3) is 0.312. The lowest BCUT2D eigenvalue weighted by Gasteiger charge is -2.31. The number of furan rings is 1. The van der Waals surface area contributed by atoms with Crippen molar-refractivity contribution in [3.63, 3.8) is 0 Å². The molecule has 2 aromatic rings. The van der Waals surface area contributed by atoms with Crippen molar-refractivity contribution in [1.29, 1.82) is 0 Å². The van der Waals surface area contributed by atoms with E-state index in [1.807, 2.05) is 30.3 Å². The van der Waals surface area contributed by atoms with E-state index >= 15 is 0 Å². The molecule has 104 valence electrons. The third kappa shape index (κ3) is 2.60. The van der Waals surface area contributed by atoms with Crippen LogP contribution in [0.25, 0.3) is 11.1 Å². The van der Waals surface area contributed by atoms with Gasteiger partial charge in [-0.15, -0.1) is 0 Å². The predicted molar refractivity (Wildman–Crippen MR) is 75.2 cm³/mol. The molecule has 1 aliphatic carbocycles. The van der Waals surface area contributed by atoms with Crippen LogP contribution in [0.4, 0.5) is 0 Å². The molecular weight excluding hydrogens is 254 g/mol. The van der Waals surface area contributed by atoms with Crippen molar-refractivity contribution in [3.05, 3.63) is 48.4 Å². The van der Waals surface area contributed by atoms with Crippen molar-refractivity contribution in [2.45, 2.75) is 18.9 Å². The summed E-state index contributed by atoms with van der Waals surface area (Å²) >= 11 is 0. The van der Waals surface area contributed by atoms with Gasteiger partial charge >= 0.3 is 0 Å². The van der Waals surface area contributed by atoms with Gasteiger partial charge in [0.05, 0.1) is 12.4 Å². The van der Waals surface area contributed by atoms with E-state index in [9.17, 15) is 9.90 Å². The molecule has 1 saturated carbocycles. The van der Waals surface area contributed by atoms with Gasteiger partial charge in [0.1, 0.15) is 0 Å². The first-order valence-corrected chi connectivity index (χ1v) is 6.83. The van der Waals surface area contributed by atoms with Gasteiger partial charge in [-0.25, -0.2) is 0 Å². The van der Waals surface area contributed by atoms with Crippen molar-refractivity contribution in [2.75, 3.05) is 6.54 Å². The number of hydrogen-bond acceptors (Lipinski definition) is 3. The smallest absolute Gasteiger partial charge is 0.287 e. The number of aliphatic hydroxyl groups is 1. The summed E-state index contributed by atoms with van der Waals surface area (Å²) in [6.45, 7) is 0.588. The van der Waals surface area contributed by atoms with Crippen LogP contribution in [-0.2, 0) is 0 Å². The lowest BCUT2D eigenvalue weighted by atomic mass is 9.82. The van der Waals surface area contributed by atoms with E-state index in [1.165, 1.54) is 6.26 Å². The van der Waals surface area contributed by atoms with Gasteiger partial charge in [-0.05, 0) is 30.4 Å². The van der Waals surface area contributed by atoms with Gasteiger partial charge in [-0.3, -0.25) is 4.79 Å². The molecule has 0 aliphatic heterocycles. The van der Waals surface area contributed by atoms with Crippen molar-refractivity contribution in [2.24, 2.45) is 5.92 Å². The number of nitrogens with one attached hydrogen (secondary N) is 1. The Morgan fingerprint density at radius 2 is 2.00 bits per heavy atom. The van der Waals surface area contributed by atoms with Crippen LogP contribution in [0, 0.1) is 5.92 Å². The minimum Gasteiger partial charge on any atom is -0.459 e. The van der Waals surface area contributed by atoms with Crippen LogP contribution in [0.5, 0.6) is 0 Å². The third-order valence-corrected chi connectivity index (χ3v) is 3.72. The molecule has 2 N–H and O–H groups in total. The second-order valence-electron chi connectivity index (χ2n) is 5.23. The van der Waals surface area contributed by atoms with Gasteiger partial charge in [-0.2, -0.15) is 0 Å². The van der Waals surface area contributed by atoms with Gasteiger partial charge < -0.3 is 14.8 Å². The van der Waals surface area contributed by atoms with E-state index in [2.05, 4.69) is 5.32 Å². The Morgan fingerprint density at radius 3 is 2.70 bits per heavy atom. The molecule has 0 saturated heterocycles. The second-order valence-corrected chi connectivity index (χ2v) is 5.23. The Balaban J connectivity index is 1.68. The summed E-state index contributed by atoms with van der Waals surface area (Å²) < 4.78 is 5.32. The number of hydrogen-bond donors (Lipinski definition) is 2. The van der Waals surface area contributed by atoms with E-state index in [1.54, 1.807) is 6.07 Å². The molecule has 0 atom stereocenters. The second kappa shape index (κ2) is 5.51. The van der Waals surface area contributed by atoms with Gasteiger partial charge in [0.2, 0.25) is 0 Å². The number of benzene rings is 1. The van der Waals surface area contributed by atoms with E-state index in [-0.39, 0.29) is 12.0 Å². The maximum absolute atomic E-state index is 12.2. The van der Waals surface area contributed by atoms with Crippen LogP contribution in [-0.4, -0.2) is 23.7 Å². The highest BCUT2D eigenvalue weighted by Gasteiger charge is 2.28. The zero-order valence-electron chi connectivity index (χ0n) is 11.1. The maximum atomic E-state index is 12.2. The topological polar surface area (TPSA) is 62.5 Å². The molecule has 4 heteroatoms. The first-order chi connectivity index (χ1) is 9.74. The Kier molecular flexibility index (Phi) is 3.56. The summed E-state index contributed by atoms with van der Waals surface area (Å²) in [5.41, 5.74) is 1.77. The highest BCUT2D eigenvalue weighted by Crippen LogP contribution is 2.27. The van der Waals surface area contributed by atoms with Gasteiger partial charge in [0, 0.05) is 12.1 Å². The predicted octanol–water partition coefficient (Wildman–Crippen LogP) is 2.45. The van der Waals surface area contributed by atoms with Gasteiger partial charge in [0.25, 0.3) is 5.91 Å². The summed E-state index contributed by atoms with van der Waals surface area (Å²) in [6, 6.07) is 11.5. The molecule has 0 unspecified atom stereocenters. The van der Waals surface area contributed by atoms with Crippen LogP contribution in [0.2, 0.25) is 0 Å². The molecule has 1 fully saturated rings. The average Bonchev–Trinajstić information content (AvgIpc) is 2.92. The standard InChI is InChI=1S/C16H17NO3/c18-13-8-11(9-13)10-17-16(19)15-14(6-7-20-15)12-4-2-1-3-5-12/h1-7,11,13,18H,8-10H2,(H,17,19). The highest BCUT2D eigenvalue weighted by molar-refractivity contribution is 5.98. The lowest BCUT2D eigenvalue weighted by Crippen LogP contribution is -2.38. The zero-order valence-corrected chi connectivity index (χ0v) is 11.1. The molecule has 1 aromatic heterocycles. The molecule has 4 nitrogen and oxygen atoms in total. The molecule has 1 aliphatic rings. The van der Waals surface area contributed by atoms with E-state index in [0.717, 1.165) is 24.0 Å². The zero-order chi connectivity index (χ0) is 13.9. The fourth-order valence-corrected chi connectivity index (χ4v) is 2.51. The molecule has 1 heterocycles.